The van der Waals surface area contributed by atoms with Gasteiger partial charge in [0, 0.05) is 17.2 Å². The standard InChI is InChI=1S/C20H13N5O4/c26-24(27)16-11-12-17(18(13-16)25(28)29)23-19(14-7-3-1-4-8-14)21-22-20(23)15-9-5-2-6-10-15/h1-13H. The number of hydrogen-bond acceptors (Lipinski definition) is 6. The molecule has 4 aromatic rings. The van der Waals surface area contributed by atoms with Crippen molar-refractivity contribution in [3.8, 4) is 28.5 Å². The van der Waals surface area contributed by atoms with E-state index in [0.29, 0.717) is 22.8 Å². The Kier molecular flexibility index (Phi) is 4.54. The van der Waals surface area contributed by atoms with Crippen LogP contribution in [0.4, 0.5) is 11.4 Å². The number of hydrogen-bond donors (Lipinski definition) is 0. The summed E-state index contributed by atoms with van der Waals surface area (Å²) in [5.41, 5.74) is 0.775. The first-order chi connectivity index (χ1) is 14.1. The van der Waals surface area contributed by atoms with Gasteiger partial charge in [0.1, 0.15) is 5.69 Å². The lowest BCUT2D eigenvalue weighted by molar-refractivity contribution is -0.394. The molecule has 4 rings (SSSR count). The summed E-state index contributed by atoms with van der Waals surface area (Å²) in [7, 11) is 0. The minimum absolute atomic E-state index is 0.142. The van der Waals surface area contributed by atoms with Crippen LogP contribution >= 0.6 is 0 Å². The quantitative estimate of drug-likeness (QED) is 0.370. The first-order valence-corrected chi connectivity index (χ1v) is 8.55. The zero-order chi connectivity index (χ0) is 20.4. The zero-order valence-corrected chi connectivity index (χ0v) is 14.9. The molecule has 0 aliphatic heterocycles. The molecule has 1 heterocycles. The van der Waals surface area contributed by atoms with Gasteiger partial charge in [-0.2, -0.15) is 0 Å². The van der Waals surface area contributed by atoms with Gasteiger partial charge < -0.3 is 0 Å². The lowest BCUT2D eigenvalue weighted by atomic mass is 10.1. The predicted molar refractivity (Wildman–Crippen MR) is 106 cm³/mol. The summed E-state index contributed by atoms with van der Waals surface area (Å²) in [5, 5.41) is 31.3. The normalized spacial score (nSPS) is 10.6. The second-order valence-electron chi connectivity index (χ2n) is 6.10. The van der Waals surface area contributed by atoms with Crippen molar-refractivity contribution < 1.29 is 9.85 Å². The third-order valence-electron chi connectivity index (χ3n) is 4.33. The second-order valence-corrected chi connectivity index (χ2v) is 6.10. The Morgan fingerprint density at radius 1 is 0.690 bits per heavy atom. The van der Waals surface area contributed by atoms with E-state index in [1.165, 1.54) is 12.1 Å². The maximum absolute atomic E-state index is 11.7. The molecule has 0 saturated heterocycles. The van der Waals surface area contributed by atoms with Crippen molar-refractivity contribution in [3.05, 3.63) is 99.1 Å². The van der Waals surface area contributed by atoms with Crippen LogP contribution in [0.2, 0.25) is 0 Å². The molecule has 0 aliphatic rings. The number of aromatic nitrogens is 3. The molecule has 0 spiro atoms. The Balaban J connectivity index is 2.03. The summed E-state index contributed by atoms with van der Waals surface area (Å²) >= 11 is 0. The SMILES string of the molecule is O=[N+]([O-])c1ccc(-n2c(-c3ccccc3)nnc2-c2ccccc2)c([N+](=O)[O-])c1. The minimum Gasteiger partial charge on any atom is -0.268 e. The van der Waals surface area contributed by atoms with Gasteiger partial charge in [0.15, 0.2) is 11.6 Å². The first kappa shape index (κ1) is 18.0. The molecule has 1 aromatic heterocycles. The highest BCUT2D eigenvalue weighted by molar-refractivity contribution is 5.70. The predicted octanol–water partition coefficient (Wildman–Crippen LogP) is 4.42. The Hall–Kier alpha value is -4.40. The van der Waals surface area contributed by atoms with Crippen molar-refractivity contribution in [2.45, 2.75) is 0 Å². The summed E-state index contributed by atoms with van der Waals surface area (Å²) in [6.45, 7) is 0. The van der Waals surface area contributed by atoms with Gasteiger partial charge in [-0.3, -0.25) is 24.8 Å². The van der Waals surface area contributed by atoms with E-state index < -0.39 is 15.5 Å². The average Bonchev–Trinajstić information content (AvgIpc) is 3.19. The molecular weight excluding hydrogens is 374 g/mol. The van der Waals surface area contributed by atoms with Crippen LogP contribution in [0, 0.1) is 20.2 Å². The van der Waals surface area contributed by atoms with Crippen molar-refractivity contribution in [2.75, 3.05) is 0 Å². The molecule has 0 saturated carbocycles. The molecule has 0 aliphatic carbocycles. The lowest BCUT2D eigenvalue weighted by Crippen LogP contribution is -2.05. The molecule has 0 N–H and O–H groups in total. The fourth-order valence-corrected chi connectivity index (χ4v) is 3.02. The van der Waals surface area contributed by atoms with Crippen LogP contribution in [-0.2, 0) is 0 Å². The second kappa shape index (κ2) is 7.31. The molecular formula is C20H13N5O4. The number of non-ortho nitro benzene ring substituents is 1. The van der Waals surface area contributed by atoms with Gasteiger partial charge in [0.2, 0.25) is 0 Å². The molecule has 0 unspecified atom stereocenters. The highest BCUT2D eigenvalue weighted by Gasteiger charge is 2.26. The van der Waals surface area contributed by atoms with E-state index in [0.717, 1.165) is 6.07 Å². The van der Waals surface area contributed by atoms with Crippen LogP contribution in [0.5, 0.6) is 0 Å². The maximum atomic E-state index is 11.7. The Labute approximate surface area is 164 Å². The van der Waals surface area contributed by atoms with Crippen LogP contribution in [0.3, 0.4) is 0 Å². The van der Waals surface area contributed by atoms with Crippen LogP contribution < -0.4 is 0 Å². The van der Waals surface area contributed by atoms with E-state index in [-0.39, 0.29) is 11.4 Å². The van der Waals surface area contributed by atoms with Crippen LogP contribution in [0.25, 0.3) is 28.5 Å². The van der Waals surface area contributed by atoms with E-state index in [9.17, 15) is 20.2 Å². The number of benzene rings is 3. The van der Waals surface area contributed by atoms with Crippen LogP contribution in [0.15, 0.2) is 78.9 Å². The Morgan fingerprint density at radius 3 is 1.66 bits per heavy atom. The van der Waals surface area contributed by atoms with Crippen molar-refractivity contribution in [1.29, 1.82) is 0 Å². The van der Waals surface area contributed by atoms with E-state index in [1.54, 1.807) is 4.57 Å². The molecule has 0 amide bonds. The van der Waals surface area contributed by atoms with Gasteiger partial charge in [-0.05, 0) is 6.07 Å². The molecule has 9 heteroatoms. The Morgan fingerprint density at radius 2 is 1.21 bits per heavy atom. The number of nitro benzene ring substituents is 2. The van der Waals surface area contributed by atoms with Crippen molar-refractivity contribution >= 4 is 11.4 Å². The van der Waals surface area contributed by atoms with Gasteiger partial charge in [-0.15, -0.1) is 10.2 Å². The van der Waals surface area contributed by atoms with Crippen molar-refractivity contribution in [1.82, 2.24) is 14.8 Å². The summed E-state index contributed by atoms with van der Waals surface area (Å²) in [4.78, 5) is 21.5. The van der Waals surface area contributed by atoms with E-state index in [1.807, 2.05) is 60.7 Å². The monoisotopic (exact) mass is 387 g/mol. The molecule has 0 fully saturated rings. The fraction of sp³-hybridized carbons (Fsp3) is 0. The van der Waals surface area contributed by atoms with E-state index in [2.05, 4.69) is 10.2 Å². The van der Waals surface area contributed by atoms with Gasteiger partial charge >= 0.3 is 0 Å². The summed E-state index contributed by atoms with van der Waals surface area (Å²) < 4.78 is 1.55. The summed E-state index contributed by atoms with van der Waals surface area (Å²) in [5.74, 6) is 0.780. The highest BCUT2D eigenvalue weighted by atomic mass is 16.6. The smallest absolute Gasteiger partial charge is 0.268 e. The van der Waals surface area contributed by atoms with Gasteiger partial charge in [0.25, 0.3) is 11.4 Å². The third kappa shape index (κ3) is 3.32. The molecule has 142 valence electrons. The zero-order valence-electron chi connectivity index (χ0n) is 14.9. The highest BCUT2D eigenvalue weighted by Crippen LogP contribution is 2.34. The largest absolute Gasteiger partial charge is 0.300 e. The van der Waals surface area contributed by atoms with Gasteiger partial charge in [-0.1, -0.05) is 60.7 Å². The topological polar surface area (TPSA) is 117 Å². The lowest BCUT2D eigenvalue weighted by Gasteiger charge is -2.11. The average molecular weight is 387 g/mol. The number of nitro groups is 2. The first-order valence-electron chi connectivity index (χ1n) is 8.55. The van der Waals surface area contributed by atoms with Crippen LogP contribution in [-0.4, -0.2) is 24.6 Å². The van der Waals surface area contributed by atoms with Crippen molar-refractivity contribution in [2.24, 2.45) is 0 Å². The Bertz CT molecular complexity index is 1150. The molecule has 0 radical (unpaired) electrons. The molecule has 0 bridgehead atoms. The maximum Gasteiger partial charge on any atom is 0.300 e. The van der Waals surface area contributed by atoms with E-state index >= 15 is 0 Å². The fourth-order valence-electron chi connectivity index (χ4n) is 3.02. The van der Waals surface area contributed by atoms with Gasteiger partial charge in [0.05, 0.1) is 15.9 Å². The summed E-state index contributed by atoms with van der Waals surface area (Å²) in [6.07, 6.45) is 0. The van der Waals surface area contributed by atoms with Gasteiger partial charge in [-0.25, -0.2) is 0 Å². The molecule has 29 heavy (non-hydrogen) atoms. The van der Waals surface area contributed by atoms with Crippen LogP contribution in [0.1, 0.15) is 0 Å². The third-order valence-corrected chi connectivity index (χ3v) is 4.33. The molecule has 0 atom stereocenters. The number of rotatable bonds is 5. The minimum atomic E-state index is -0.668. The summed E-state index contributed by atoms with van der Waals surface area (Å²) in [6, 6.07) is 21.7. The molecule has 9 nitrogen and oxygen atoms in total. The van der Waals surface area contributed by atoms with Crippen molar-refractivity contribution in [3.63, 3.8) is 0 Å². The van der Waals surface area contributed by atoms with E-state index in [4.69, 9.17) is 0 Å². The number of nitrogens with zero attached hydrogens (tertiary/aromatic N) is 5. The molecule has 3 aromatic carbocycles.